The lowest BCUT2D eigenvalue weighted by atomic mass is 10.0. The first-order chi connectivity index (χ1) is 19.4. The molecule has 1 heterocycles. The fourth-order valence-electron chi connectivity index (χ4n) is 4.39. The summed E-state index contributed by atoms with van der Waals surface area (Å²) in [6.07, 6.45) is 5.10. The Kier molecular flexibility index (Phi) is 13.3. The van der Waals surface area contributed by atoms with Crippen molar-refractivity contribution in [3.8, 4) is 0 Å². The van der Waals surface area contributed by atoms with E-state index < -0.39 is 42.1 Å². The molecule has 11 heteroatoms. The number of hydrogen-bond donors (Lipinski definition) is 5. The molecule has 1 aliphatic heterocycles. The highest BCUT2D eigenvalue weighted by Crippen LogP contribution is 2.11. The van der Waals surface area contributed by atoms with Crippen LogP contribution in [0, 0.1) is 18.8 Å². The number of esters is 1. The van der Waals surface area contributed by atoms with Gasteiger partial charge in [0, 0.05) is 12.6 Å². The maximum Gasteiger partial charge on any atom is 0.328 e. The van der Waals surface area contributed by atoms with E-state index in [1.165, 1.54) is 13.2 Å². The number of carbonyl (C=O) groups excluding carboxylic acids is 5. The molecular weight excluding hydrogens is 526 g/mol. The molecule has 1 aromatic carbocycles. The first-order valence-electron chi connectivity index (χ1n) is 14.2. The van der Waals surface area contributed by atoms with E-state index in [1.54, 1.807) is 33.8 Å². The van der Waals surface area contributed by atoms with Crippen LogP contribution in [-0.2, 0) is 30.3 Å². The van der Waals surface area contributed by atoms with Crippen LogP contribution in [0.1, 0.15) is 58.1 Å². The minimum Gasteiger partial charge on any atom is -0.467 e. The molecule has 4 atom stereocenters. The Hall–Kier alpha value is -3.89. The number of amides is 5. The Morgan fingerprint density at radius 2 is 1.61 bits per heavy atom. The van der Waals surface area contributed by atoms with Gasteiger partial charge in [-0.05, 0) is 50.0 Å². The van der Waals surface area contributed by atoms with E-state index in [1.807, 2.05) is 31.2 Å². The van der Waals surface area contributed by atoms with Crippen LogP contribution >= 0.6 is 0 Å². The molecule has 11 nitrogen and oxygen atoms in total. The zero-order chi connectivity index (χ0) is 30.5. The molecule has 41 heavy (non-hydrogen) atoms. The zero-order valence-electron chi connectivity index (χ0n) is 24.9. The van der Waals surface area contributed by atoms with Crippen LogP contribution in [0.5, 0.6) is 0 Å². The minimum atomic E-state index is -0.961. The average Bonchev–Trinajstić information content (AvgIpc) is 2.92. The second-order valence-electron chi connectivity index (χ2n) is 11.1. The van der Waals surface area contributed by atoms with E-state index in [0.717, 1.165) is 11.1 Å². The van der Waals surface area contributed by atoms with Gasteiger partial charge in [0.15, 0.2) is 0 Å². The van der Waals surface area contributed by atoms with Crippen molar-refractivity contribution in [2.75, 3.05) is 13.7 Å². The molecule has 2 rings (SSSR count). The predicted octanol–water partition coefficient (Wildman–Crippen LogP) is 1.88. The van der Waals surface area contributed by atoms with E-state index in [-0.39, 0.29) is 23.7 Å². The van der Waals surface area contributed by atoms with E-state index in [2.05, 4.69) is 26.6 Å². The van der Waals surface area contributed by atoms with Crippen molar-refractivity contribution in [1.82, 2.24) is 26.6 Å². The van der Waals surface area contributed by atoms with Crippen molar-refractivity contribution >= 4 is 29.7 Å². The molecule has 5 N–H and O–H groups in total. The highest BCUT2D eigenvalue weighted by atomic mass is 16.5. The van der Waals surface area contributed by atoms with Crippen LogP contribution in [0.25, 0.3) is 0 Å². The Morgan fingerprint density at radius 3 is 2.22 bits per heavy atom. The van der Waals surface area contributed by atoms with E-state index >= 15 is 0 Å². The monoisotopic (exact) mass is 571 g/mol. The molecule has 0 fully saturated rings. The molecule has 0 bridgehead atoms. The van der Waals surface area contributed by atoms with Crippen LogP contribution in [0.4, 0.5) is 4.79 Å². The lowest BCUT2D eigenvalue weighted by Gasteiger charge is -2.27. The van der Waals surface area contributed by atoms with Gasteiger partial charge in [0.25, 0.3) is 0 Å². The van der Waals surface area contributed by atoms with Gasteiger partial charge in [-0.1, -0.05) is 63.6 Å². The fraction of sp³-hybridized carbons (Fsp3) is 0.567. The summed E-state index contributed by atoms with van der Waals surface area (Å²) >= 11 is 0. The van der Waals surface area contributed by atoms with Gasteiger partial charge in [-0.2, -0.15) is 0 Å². The predicted molar refractivity (Wildman–Crippen MR) is 156 cm³/mol. The maximum atomic E-state index is 13.4. The number of aryl methyl sites for hydroxylation is 1. The summed E-state index contributed by atoms with van der Waals surface area (Å²) in [5, 5.41) is 13.8. The maximum absolute atomic E-state index is 13.4. The summed E-state index contributed by atoms with van der Waals surface area (Å²) in [5.74, 6) is -2.24. The molecule has 1 aliphatic rings. The molecule has 0 radical (unpaired) electrons. The standard InChI is InChI=1S/C30H45N5O6/c1-18(2)25(34-30(40)35-26(19(3)4)29(39)41-6)28(38)33-23-9-7-8-16-31-24(36)15-14-22(32-27(23)37)17-21-12-10-20(5)11-13-21/h10-15,18-19,22-23,25-26H,7-9,16-17H2,1-6H3,(H,31,36)(H,32,37)(H,33,38)(H2,34,35,40)/b15-14+/t22-,23+,25+,26+/m1/s1. The first-order valence-corrected chi connectivity index (χ1v) is 14.2. The lowest BCUT2D eigenvalue weighted by Crippen LogP contribution is -2.59. The number of carbonyl (C=O) groups is 5. The van der Waals surface area contributed by atoms with Gasteiger partial charge >= 0.3 is 12.0 Å². The first kappa shape index (κ1) is 33.3. The molecule has 0 unspecified atom stereocenters. The minimum absolute atomic E-state index is 0.227. The molecule has 0 aliphatic carbocycles. The van der Waals surface area contributed by atoms with Crippen LogP contribution in [0.3, 0.4) is 0 Å². The lowest BCUT2D eigenvalue weighted by molar-refractivity contribution is -0.144. The number of urea groups is 1. The Balaban J connectivity index is 2.18. The van der Waals surface area contributed by atoms with Gasteiger partial charge in [-0.15, -0.1) is 0 Å². The van der Waals surface area contributed by atoms with Crippen LogP contribution in [0.15, 0.2) is 36.4 Å². The second kappa shape index (κ2) is 16.4. The zero-order valence-corrected chi connectivity index (χ0v) is 24.9. The van der Waals surface area contributed by atoms with Crippen molar-refractivity contribution in [3.63, 3.8) is 0 Å². The van der Waals surface area contributed by atoms with Gasteiger partial charge in [0.05, 0.1) is 13.2 Å². The molecule has 1 aromatic rings. The molecule has 5 amide bonds. The largest absolute Gasteiger partial charge is 0.467 e. The van der Waals surface area contributed by atoms with E-state index in [9.17, 15) is 24.0 Å². The van der Waals surface area contributed by atoms with E-state index in [4.69, 9.17) is 4.74 Å². The summed E-state index contributed by atoms with van der Waals surface area (Å²) < 4.78 is 4.77. The third-order valence-electron chi connectivity index (χ3n) is 6.88. The number of nitrogens with one attached hydrogen (secondary N) is 5. The number of rotatable bonds is 9. The average molecular weight is 572 g/mol. The number of benzene rings is 1. The van der Waals surface area contributed by atoms with Crippen molar-refractivity contribution in [3.05, 3.63) is 47.5 Å². The summed E-state index contributed by atoms with van der Waals surface area (Å²) in [6.45, 7) is 9.52. The van der Waals surface area contributed by atoms with Crippen molar-refractivity contribution in [2.24, 2.45) is 11.8 Å². The highest BCUT2D eigenvalue weighted by Gasteiger charge is 2.31. The third-order valence-corrected chi connectivity index (χ3v) is 6.88. The Morgan fingerprint density at radius 1 is 0.976 bits per heavy atom. The van der Waals surface area contributed by atoms with Gasteiger partial charge in [-0.25, -0.2) is 9.59 Å². The van der Waals surface area contributed by atoms with Crippen molar-refractivity contribution < 1.29 is 28.7 Å². The van der Waals surface area contributed by atoms with Gasteiger partial charge in [0.1, 0.15) is 18.1 Å². The number of ether oxygens (including phenoxy) is 1. The van der Waals surface area contributed by atoms with Crippen LogP contribution in [0.2, 0.25) is 0 Å². The van der Waals surface area contributed by atoms with Crippen LogP contribution < -0.4 is 26.6 Å². The van der Waals surface area contributed by atoms with Gasteiger partial charge < -0.3 is 31.3 Å². The topological polar surface area (TPSA) is 155 Å². The SMILES string of the molecule is COC(=O)[C@@H](NC(=O)N[C@H](C(=O)N[C@H]1CCCCNC(=O)/C=C/[C@H](Cc2ccc(C)cc2)NC1=O)C(C)C)C(C)C. The fourth-order valence-corrected chi connectivity index (χ4v) is 4.39. The Bertz CT molecular complexity index is 1090. The quantitative estimate of drug-likeness (QED) is 0.285. The third kappa shape index (κ3) is 11.3. The molecular formula is C30H45N5O6. The highest BCUT2D eigenvalue weighted by molar-refractivity contribution is 5.93. The summed E-state index contributed by atoms with van der Waals surface area (Å²) in [4.78, 5) is 63.8. The van der Waals surface area contributed by atoms with Crippen molar-refractivity contribution in [1.29, 1.82) is 0 Å². The van der Waals surface area contributed by atoms with Gasteiger partial charge in [0.2, 0.25) is 17.7 Å². The van der Waals surface area contributed by atoms with Crippen molar-refractivity contribution in [2.45, 2.75) is 84.5 Å². The van der Waals surface area contributed by atoms with Gasteiger partial charge in [-0.3, -0.25) is 14.4 Å². The number of methoxy groups -OCH3 is 1. The summed E-state index contributed by atoms with van der Waals surface area (Å²) in [6, 6.07) is 4.04. The molecule has 0 saturated carbocycles. The molecule has 0 spiro atoms. The second-order valence-corrected chi connectivity index (χ2v) is 11.1. The van der Waals surface area contributed by atoms with E-state index in [0.29, 0.717) is 32.2 Å². The normalized spacial score (nSPS) is 20.4. The molecule has 226 valence electrons. The molecule has 0 aromatic heterocycles. The smallest absolute Gasteiger partial charge is 0.328 e. The molecule has 0 saturated heterocycles. The summed E-state index contributed by atoms with van der Waals surface area (Å²) in [5.41, 5.74) is 2.10. The number of hydrogen-bond acceptors (Lipinski definition) is 6. The Labute approximate surface area is 242 Å². The summed E-state index contributed by atoms with van der Waals surface area (Å²) in [7, 11) is 1.24. The van der Waals surface area contributed by atoms with Crippen LogP contribution in [-0.4, -0.2) is 67.5 Å².